The highest BCUT2D eigenvalue weighted by Gasteiger charge is 2.26. The van der Waals surface area contributed by atoms with Crippen LogP contribution in [0.15, 0.2) is 6.07 Å². The number of nitriles is 1. The molecule has 92 valence electrons. The lowest BCUT2D eigenvalue weighted by atomic mass is 9.96. The molecule has 0 aromatic heterocycles. The van der Waals surface area contributed by atoms with Crippen LogP contribution in [0, 0.1) is 18.3 Å². The van der Waals surface area contributed by atoms with Gasteiger partial charge in [0.15, 0.2) is 0 Å². The number of rotatable bonds is 3. The molecule has 1 aromatic rings. The van der Waals surface area contributed by atoms with Crippen LogP contribution in [0.1, 0.15) is 36.1 Å². The van der Waals surface area contributed by atoms with Crippen LogP contribution in [-0.2, 0) is 17.4 Å². The van der Waals surface area contributed by atoms with Gasteiger partial charge >= 0.3 is 7.60 Å². The van der Waals surface area contributed by atoms with Gasteiger partial charge in [0.05, 0.1) is 16.9 Å². The van der Waals surface area contributed by atoms with E-state index in [4.69, 9.17) is 5.26 Å². The van der Waals surface area contributed by atoms with E-state index >= 15 is 0 Å². The molecule has 0 amide bonds. The normalized spacial score (nSPS) is 11.3. The molecule has 0 aliphatic rings. The zero-order chi connectivity index (χ0) is 13.2. The van der Waals surface area contributed by atoms with Gasteiger partial charge in [-0.2, -0.15) is 5.26 Å². The van der Waals surface area contributed by atoms with E-state index in [2.05, 4.69) is 6.07 Å². The summed E-state index contributed by atoms with van der Waals surface area (Å²) in [6.07, 6.45) is 1.01. The Balaban J connectivity index is 3.75. The van der Waals surface area contributed by atoms with Crippen LogP contribution in [0.2, 0.25) is 0 Å². The Morgan fingerprint density at radius 2 is 1.94 bits per heavy atom. The number of nitrogens with zero attached hydrogens (tertiary/aromatic N) is 1. The highest BCUT2D eigenvalue weighted by atomic mass is 31.2. The largest absolute Gasteiger partial charge is 0.356 e. The van der Waals surface area contributed by atoms with Crippen molar-refractivity contribution in [2.24, 2.45) is 0 Å². The third-order valence-corrected chi connectivity index (χ3v) is 4.05. The maximum absolute atomic E-state index is 11.6. The van der Waals surface area contributed by atoms with E-state index in [0.717, 1.165) is 0 Å². The predicted molar refractivity (Wildman–Crippen MR) is 66.3 cm³/mol. The first-order valence-electron chi connectivity index (χ1n) is 5.48. The van der Waals surface area contributed by atoms with Gasteiger partial charge in [-0.1, -0.05) is 13.8 Å². The van der Waals surface area contributed by atoms with Crippen LogP contribution in [0.5, 0.6) is 0 Å². The van der Waals surface area contributed by atoms with E-state index in [0.29, 0.717) is 35.1 Å². The van der Waals surface area contributed by atoms with Crippen molar-refractivity contribution in [2.75, 3.05) is 0 Å². The van der Waals surface area contributed by atoms with E-state index in [9.17, 15) is 14.4 Å². The molecule has 2 N–H and O–H groups in total. The Morgan fingerprint density at radius 3 is 2.29 bits per heavy atom. The Bertz CT molecular complexity index is 526. The molecule has 0 radical (unpaired) electrons. The highest BCUT2D eigenvalue weighted by Crippen LogP contribution is 2.38. The molecule has 0 heterocycles. The molecule has 1 aromatic carbocycles. The molecular formula is C12H16NO3P. The molecule has 0 unspecified atom stereocenters. The van der Waals surface area contributed by atoms with Crippen LogP contribution in [0.3, 0.4) is 0 Å². The third-order valence-electron chi connectivity index (χ3n) is 2.91. The smallest absolute Gasteiger partial charge is 0.321 e. The van der Waals surface area contributed by atoms with Crippen LogP contribution in [0.25, 0.3) is 0 Å². The monoisotopic (exact) mass is 253 g/mol. The molecular weight excluding hydrogens is 237 g/mol. The van der Waals surface area contributed by atoms with E-state index in [1.807, 2.05) is 13.8 Å². The zero-order valence-corrected chi connectivity index (χ0v) is 11.1. The predicted octanol–water partition coefficient (Wildman–Crippen LogP) is 1.79. The van der Waals surface area contributed by atoms with Crippen molar-refractivity contribution in [1.29, 1.82) is 5.26 Å². The van der Waals surface area contributed by atoms with Crippen molar-refractivity contribution >= 4 is 12.9 Å². The van der Waals surface area contributed by atoms with Gasteiger partial charge in [0.2, 0.25) is 0 Å². The molecule has 5 heteroatoms. The summed E-state index contributed by atoms with van der Waals surface area (Å²) in [5, 5.41) is 9.12. The first-order valence-corrected chi connectivity index (χ1v) is 7.09. The fourth-order valence-corrected chi connectivity index (χ4v) is 3.34. The minimum atomic E-state index is -4.29. The summed E-state index contributed by atoms with van der Waals surface area (Å²) in [7, 11) is -4.29. The molecule has 0 aliphatic heterocycles. The molecule has 0 bridgehead atoms. The van der Waals surface area contributed by atoms with Gasteiger partial charge in [-0.15, -0.1) is 0 Å². The van der Waals surface area contributed by atoms with E-state index in [-0.39, 0.29) is 5.30 Å². The van der Waals surface area contributed by atoms with Crippen molar-refractivity contribution < 1.29 is 14.4 Å². The molecule has 0 saturated carbocycles. The van der Waals surface area contributed by atoms with E-state index in [1.54, 1.807) is 13.0 Å². The number of benzene rings is 1. The van der Waals surface area contributed by atoms with Gasteiger partial charge in [0.25, 0.3) is 0 Å². The third kappa shape index (κ3) is 2.58. The summed E-state index contributed by atoms with van der Waals surface area (Å²) in [5.41, 5.74) is 2.34. The maximum Gasteiger partial charge on any atom is 0.356 e. The Kier molecular flexibility index (Phi) is 4.11. The van der Waals surface area contributed by atoms with Crippen LogP contribution in [0.4, 0.5) is 0 Å². The molecule has 1 rings (SSSR count). The molecule has 0 aliphatic carbocycles. The fraction of sp³-hybridized carbons (Fsp3) is 0.417. The molecule has 17 heavy (non-hydrogen) atoms. The van der Waals surface area contributed by atoms with Crippen LogP contribution < -0.4 is 5.30 Å². The lowest BCUT2D eigenvalue weighted by Gasteiger charge is -2.17. The van der Waals surface area contributed by atoms with Gasteiger partial charge in [0, 0.05) is 0 Å². The van der Waals surface area contributed by atoms with Gasteiger partial charge in [0.1, 0.15) is 0 Å². The van der Waals surface area contributed by atoms with E-state index in [1.165, 1.54) is 0 Å². The summed E-state index contributed by atoms with van der Waals surface area (Å²) in [5.74, 6) is 0. The lowest BCUT2D eigenvalue weighted by Crippen LogP contribution is -2.19. The topological polar surface area (TPSA) is 81.3 Å². The van der Waals surface area contributed by atoms with Crippen LogP contribution >= 0.6 is 7.60 Å². The average molecular weight is 253 g/mol. The Morgan fingerprint density at radius 1 is 1.35 bits per heavy atom. The number of hydrogen-bond acceptors (Lipinski definition) is 2. The maximum atomic E-state index is 11.6. The average Bonchev–Trinajstić information content (AvgIpc) is 2.27. The summed E-state index contributed by atoms with van der Waals surface area (Å²) in [4.78, 5) is 18.9. The summed E-state index contributed by atoms with van der Waals surface area (Å²) in [6.45, 7) is 5.39. The minimum Gasteiger partial charge on any atom is -0.321 e. The van der Waals surface area contributed by atoms with Crippen molar-refractivity contribution in [3.8, 4) is 6.07 Å². The second-order valence-corrected chi connectivity index (χ2v) is 5.43. The van der Waals surface area contributed by atoms with Crippen molar-refractivity contribution in [3.63, 3.8) is 0 Å². The van der Waals surface area contributed by atoms with Gasteiger partial charge in [-0.3, -0.25) is 4.57 Å². The molecule has 4 nitrogen and oxygen atoms in total. The number of aryl methyl sites for hydroxylation is 1. The van der Waals surface area contributed by atoms with E-state index < -0.39 is 7.60 Å². The molecule has 0 atom stereocenters. The zero-order valence-electron chi connectivity index (χ0n) is 10.2. The van der Waals surface area contributed by atoms with Crippen molar-refractivity contribution in [2.45, 2.75) is 33.6 Å². The first kappa shape index (κ1) is 13.9. The van der Waals surface area contributed by atoms with Crippen molar-refractivity contribution in [1.82, 2.24) is 0 Å². The van der Waals surface area contributed by atoms with Gasteiger partial charge < -0.3 is 9.79 Å². The SMILES string of the molecule is CCc1cc(C#N)c(C)c(CC)c1P(=O)(O)O. The quantitative estimate of drug-likeness (QED) is 0.805. The fourth-order valence-electron chi connectivity index (χ4n) is 2.07. The molecule has 0 spiro atoms. The summed E-state index contributed by atoms with van der Waals surface area (Å²) >= 11 is 0. The molecule has 0 saturated heterocycles. The van der Waals surface area contributed by atoms with Gasteiger partial charge in [-0.25, -0.2) is 0 Å². The lowest BCUT2D eigenvalue weighted by molar-refractivity contribution is 0.387. The Labute approximate surface area is 101 Å². The van der Waals surface area contributed by atoms with Crippen molar-refractivity contribution in [3.05, 3.63) is 28.3 Å². The first-order chi connectivity index (χ1) is 7.86. The van der Waals surface area contributed by atoms with Gasteiger partial charge in [-0.05, 0) is 42.5 Å². The second kappa shape index (κ2) is 5.01. The minimum absolute atomic E-state index is 0.110. The Hall–Kier alpha value is -1.14. The second-order valence-electron chi connectivity index (χ2n) is 3.90. The number of hydrogen-bond donors (Lipinski definition) is 2. The van der Waals surface area contributed by atoms with Crippen LogP contribution in [-0.4, -0.2) is 9.79 Å². The summed E-state index contributed by atoms with van der Waals surface area (Å²) < 4.78 is 11.6. The highest BCUT2D eigenvalue weighted by molar-refractivity contribution is 7.60. The summed E-state index contributed by atoms with van der Waals surface area (Å²) in [6, 6.07) is 3.66. The standard InChI is InChI=1S/C12H16NO3P/c1-4-9-6-10(7-13)8(3)11(5-2)12(9)17(14,15)16/h6H,4-5H2,1-3H3,(H2,14,15,16). The molecule has 0 fully saturated rings.